The van der Waals surface area contributed by atoms with Gasteiger partial charge in [-0.05, 0) is 64.4 Å². The Labute approximate surface area is 184 Å². The molecule has 1 atom stereocenters. The van der Waals surface area contributed by atoms with Crippen molar-refractivity contribution in [1.82, 2.24) is 5.16 Å². The summed E-state index contributed by atoms with van der Waals surface area (Å²) in [6, 6.07) is 12.4. The first-order chi connectivity index (χ1) is 14.7. The van der Waals surface area contributed by atoms with Gasteiger partial charge in [-0.25, -0.2) is 0 Å². The van der Waals surface area contributed by atoms with Crippen LogP contribution in [-0.2, 0) is 20.7 Å². The van der Waals surface area contributed by atoms with E-state index >= 15 is 0 Å². The van der Waals surface area contributed by atoms with Crippen LogP contribution in [0.5, 0.6) is 0 Å². The molecule has 0 bridgehead atoms. The van der Waals surface area contributed by atoms with Crippen LogP contribution in [0.3, 0.4) is 0 Å². The number of carboxylic acid groups (broad SMARTS) is 1. The lowest BCUT2D eigenvalue weighted by Gasteiger charge is -2.33. The summed E-state index contributed by atoms with van der Waals surface area (Å²) in [6.07, 6.45) is 4.81. The first-order valence-electron chi connectivity index (χ1n) is 11.1. The second-order valence-electron chi connectivity index (χ2n) is 9.63. The van der Waals surface area contributed by atoms with E-state index in [0.717, 1.165) is 25.0 Å². The van der Waals surface area contributed by atoms with Gasteiger partial charge in [0.1, 0.15) is 11.4 Å². The molecule has 1 saturated carbocycles. The normalized spacial score (nSPS) is 19.5. The Bertz CT molecular complexity index is 862. The van der Waals surface area contributed by atoms with Crippen molar-refractivity contribution in [3.05, 3.63) is 53.4 Å². The Morgan fingerprint density at radius 1 is 1.23 bits per heavy atom. The zero-order valence-electron chi connectivity index (χ0n) is 18.7. The highest BCUT2D eigenvalue weighted by Gasteiger charge is 2.34. The van der Waals surface area contributed by atoms with Gasteiger partial charge in [-0.3, -0.25) is 9.59 Å². The molecule has 168 valence electrons. The van der Waals surface area contributed by atoms with Crippen LogP contribution in [0.15, 0.2) is 40.9 Å². The second kappa shape index (κ2) is 10.1. The van der Waals surface area contributed by atoms with E-state index < -0.39 is 11.6 Å². The van der Waals surface area contributed by atoms with Crippen LogP contribution in [0.2, 0.25) is 0 Å². The third kappa shape index (κ3) is 7.23. The Hall–Kier alpha value is -2.63. The predicted octanol–water partition coefficient (Wildman–Crippen LogP) is 5.48. The lowest BCUT2D eigenvalue weighted by atomic mass is 9.71. The number of aromatic nitrogens is 1. The molecule has 0 amide bonds. The van der Waals surface area contributed by atoms with Gasteiger partial charge in [-0.15, -0.1) is 0 Å². The summed E-state index contributed by atoms with van der Waals surface area (Å²) < 4.78 is 11.0. The molecule has 31 heavy (non-hydrogen) atoms. The molecule has 1 aliphatic carbocycles. The summed E-state index contributed by atoms with van der Waals surface area (Å²) in [6.45, 7) is 5.45. The molecule has 2 aromatic rings. The molecular weight excluding hydrogens is 394 g/mol. The van der Waals surface area contributed by atoms with E-state index in [1.165, 1.54) is 12.0 Å². The molecule has 3 rings (SSSR count). The number of benzene rings is 1. The Morgan fingerprint density at radius 2 is 1.94 bits per heavy atom. The molecule has 1 N–H and O–H groups in total. The minimum Gasteiger partial charge on any atom is -0.481 e. The Morgan fingerprint density at radius 3 is 2.58 bits per heavy atom. The van der Waals surface area contributed by atoms with Crippen LogP contribution in [0.4, 0.5) is 0 Å². The van der Waals surface area contributed by atoms with Crippen LogP contribution in [0, 0.1) is 5.92 Å². The molecule has 0 aliphatic heterocycles. The quantitative estimate of drug-likeness (QED) is 0.505. The highest BCUT2D eigenvalue weighted by molar-refractivity contribution is 5.71. The summed E-state index contributed by atoms with van der Waals surface area (Å²) in [4.78, 5) is 23.4. The largest absolute Gasteiger partial charge is 0.481 e. The maximum Gasteiger partial charge on any atom is 0.306 e. The SMILES string of the molecule is CC(C)(C)OC(=O)C[C@H](CCC(=O)O)c1cc(C2CC(CCc3ccccc3)C2)on1. The number of carbonyl (C=O) groups is 2. The minimum atomic E-state index is -0.891. The van der Waals surface area contributed by atoms with E-state index in [2.05, 4.69) is 29.4 Å². The minimum absolute atomic E-state index is 0.0271. The summed E-state index contributed by atoms with van der Waals surface area (Å²) >= 11 is 0. The molecule has 0 unspecified atom stereocenters. The Kier molecular flexibility index (Phi) is 7.52. The van der Waals surface area contributed by atoms with Crippen molar-refractivity contribution in [2.75, 3.05) is 0 Å². The van der Waals surface area contributed by atoms with Crippen molar-refractivity contribution in [3.63, 3.8) is 0 Å². The van der Waals surface area contributed by atoms with Gasteiger partial charge >= 0.3 is 11.9 Å². The standard InChI is InChI=1S/C25H33NO5/c1-25(2,3)30-24(29)15-19(11-12-23(27)28)21-16-22(31-26-21)20-13-18(14-20)10-9-17-7-5-4-6-8-17/h4-8,16,18-20H,9-15H2,1-3H3,(H,27,28)/t18?,19-,20?/m0/s1. The van der Waals surface area contributed by atoms with Crippen LogP contribution in [0.1, 0.15) is 88.1 Å². The van der Waals surface area contributed by atoms with Crippen LogP contribution in [0.25, 0.3) is 0 Å². The molecule has 6 nitrogen and oxygen atoms in total. The van der Waals surface area contributed by atoms with Crippen molar-refractivity contribution < 1.29 is 24.0 Å². The Balaban J connectivity index is 1.54. The number of hydrogen-bond acceptors (Lipinski definition) is 5. The number of ether oxygens (including phenoxy) is 1. The monoisotopic (exact) mass is 427 g/mol. The first-order valence-corrected chi connectivity index (χ1v) is 11.1. The van der Waals surface area contributed by atoms with Gasteiger partial charge in [0.2, 0.25) is 0 Å². The lowest BCUT2D eigenvalue weighted by Crippen LogP contribution is -2.25. The maximum atomic E-state index is 12.3. The zero-order chi connectivity index (χ0) is 22.4. The summed E-state index contributed by atoms with van der Waals surface area (Å²) in [5.41, 5.74) is 1.44. The molecule has 0 spiro atoms. The molecule has 1 aliphatic rings. The van der Waals surface area contributed by atoms with Gasteiger partial charge < -0.3 is 14.4 Å². The molecule has 6 heteroatoms. The molecule has 0 radical (unpaired) electrons. The zero-order valence-corrected chi connectivity index (χ0v) is 18.7. The number of nitrogens with zero attached hydrogens (tertiary/aromatic N) is 1. The van der Waals surface area contributed by atoms with Crippen molar-refractivity contribution in [2.45, 2.75) is 83.2 Å². The third-order valence-electron chi connectivity index (χ3n) is 5.83. The lowest BCUT2D eigenvalue weighted by molar-refractivity contribution is -0.155. The fourth-order valence-corrected chi connectivity index (χ4v) is 4.14. The molecule has 0 saturated heterocycles. The van der Waals surface area contributed by atoms with Crippen molar-refractivity contribution in [3.8, 4) is 0 Å². The summed E-state index contributed by atoms with van der Waals surface area (Å²) in [5.74, 6) is 0.315. The molecule has 1 aromatic carbocycles. The van der Waals surface area contributed by atoms with Gasteiger partial charge in [-0.2, -0.15) is 0 Å². The highest BCUT2D eigenvalue weighted by atomic mass is 16.6. The topological polar surface area (TPSA) is 89.6 Å². The van der Waals surface area contributed by atoms with Crippen molar-refractivity contribution in [2.24, 2.45) is 5.92 Å². The van der Waals surface area contributed by atoms with E-state index in [1.54, 1.807) is 0 Å². The number of rotatable bonds is 10. The summed E-state index contributed by atoms with van der Waals surface area (Å²) in [7, 11) is 0. The fraction of sp³-hybridized carbons (Fsp3) is 0.560. The smallest absolute Gasteiger partial charge is 0.306 e. The maximum absolute atomic E-state index is 12.3. The number of aryl methyl sites for hydroxylation is 1. The van der Waals surface area contributed by atoms with Crippen molar-refractivity contribution >= 4 is 11.9 Å². The molecule has 1 fully saturated rings. The number of carboxylic acids is 1. The highest BCUT2D eigenvalue weighted by Crippen LogP contribution is 2.44. The van der Waals surface area contributed by atoms with Crippen LogP contribution >= 0.6 is 0 Å². The van der Waals surface area contributed by atoms with Gasteiger partial charge in [0.15, 0.2) is 0 Å². The number of aliphatic carboxylic acids is 1. The first kappa shape index (κ1) is 23.0. The second-order valence-corrected chi connectivity index (χ2v) is 9.63. The predicted molar refractivity (Wildman–Crippen MR) is 117 cm³/mol. The molecule has 1 heterocycles. The van der Waals surface area contributed by atoms with Crippen molar-refractivity contribution in [1.29, 1.82) is 0 Å². The van der Waals surface area contributed by atoms with Gasteiger partial charge in [0.05, 0.1) is 12.1 Å². The average Bonchev–Trinajstić information content (AvgIpc) is 3.12. The van der Waals surface area contributed by atoms with E-state index in [1.807, 2.05) is 32.9 Å². The van der Waals surface area contributed by atoms with E-state index in [9.17, 15) is 9.59 Å². The van der Waals surface area contributed by atoms with E-state index in [4.69, 9.17) is 14.4 Å². The number of carbonyl (C=O) groups excluding carboxylic acids is 1. The number of hydrogen-bond donors (Lipinski definition) is 1. The van der Waals surface area contributed by atoms with E-state index in [0.29, 0.717) is 24.0 Å². The van der Waals surface area contributed by atoms with Gasteiger partial charge in [0, 0.05) is 24.3 Å². The summed E-state index contributed by atoms with van der Waals surface area (Å²) in [5, 5.41) is 13.3. The van der Waals surface area contributed by atoms with Gasteiger partial charge in [-0.1, -0.05) is 35.5 Å². The fourth-order valence-electron chi connectivity index (χ4n) is 4.14. The van der Waals surface area contributed by atoms with Crippen LogP contribution < -0.4 is 0 Å². The third-order valence-corrected chi connectivity index (χ3v) is 5.83. The average molecular weight is 428 g/mol. The molecular formula is C25H33NO5. The molecule has 1 aromatic heterocycles. The van der Waals surface area contributed by atoms with Gasteiger partial charge in [0.25, 0.3) is 0 Å². The number of esters is 1. The van der Waals surface area contributed by atoms with E-state index in [-0.39, 0.29) is 24.7 Å². The van der Waals surface area contributed by atoms with Crippen LogP contribution in [-0.4, -0.2) is 27.8 Å².